The second kappa shape index (κ2) is 7.61. The first-order chi connectivity index (χ1) is 15.7. The second-order valence-corrected chi connectivity index (χ2v) is 8.15. The monoisotopic (exact) mass is 456 g/mol. The fourth-order valence-corrected chi connectivity index (χ4v) is 4.06. The SMILES string of the molecule is Cc1c(C(=O)N2CC(Cc3ccc(C(F)(F)F)cc3)C2)cnn1-c1nn2cccc2c(=O)[nH]1. The molecular weight excluding hydrogens is 437 g/mol. The summed E-state index contributed by atoms with van der Waals surface area (Å²) in [6.07, 6.45) is -0.657. The van der Waals surface area contributed by atoms with Crippen molar-refractivity contribution < 1.29 is 18.0 Å². The van der Waals surface area contributed by atoms with Crippen LogP contribution in [0.2, 0.25) is 0 Å². The molecular formula is C22H19F3N6O2. The molecule has 11 heteroatoms. The smallest absolute Gasteiger partial charge is 0.338 e. The van der Waals surface area contributed by atoms with E-state index in [0.717, 1.165) is 17.7 Å². The van der Waals surface area contributed by atoms with E-state index in [0.29, 0.717) is 36.3 Å². The van der Waals surface area contributed by atoms with Gasteiger partial charge in [-0.25, -0.2) is 9.20 Å². The number of amides is 1. The molecule has 0 spiro atoms. The first kappa shape index (κ1) is 21.0. The van der Waals surface area contributed by atoms with Crippen LogP contribution in [0.1, 0.15) is 27.2 Å². The molecule has 1 fully saturated rings. The van der Waals surface area contributed by atoms with Crippen molar-refractivity contribution in [3.05, 3.63) is 81.5 Å². The lowest BCUT2D eigenvalue weighted by Crippen LogP contribution is -2.50. The average molecular weight is 456 g/mol. The van der Waals surface area contributed by atoms with E-state index >= 15 is 0 Å². The number of rotatable bonds is 4. The lowest BCUT2D eigenvalue weighted by molar-refractivity contribution is -0.137. The summed E-state index contributed by atoms with van der Waals surface area (Å²) in [6, 6.07) is 8.48. The van der Waals surface area contributed by atoms with E-state index in [1.165, 1.54) is 27.5 Å². The molecule has 33 heavy (non-hydrogen) atoms. The van der Waals surface area contributed by atoms with E-state index < -0.39 is 11.7 Å². The van der Waals surface area contributed by atoms with Crippen molar-refractivity contribution in [1.82, 2.24) is 29.3 Å². The Hall–Kier alpha value is -3.89. The Morgan fingerprint density at radius 3 is 2.61 bits per heavy atom. The molecule has 0 saturated carbocycles. The number of carbonyl (C=O) groups is 1. The number of nitrogens with one attached hydrogen (secondary N) is 1. The zero-order valence-electron chi connectivity index (χ0n) is 17.5. The summed E-state index contributed by atoms with van der Waals surface area (Å²) >= 11 is 0. The number of fused-ring (bicyclic) bond motifs is 1. The number of halogens is 3. The Kier molecular flexibility index (Phi) is 4.84. The summed E-state index contributed by atoms with van der Waals surface area (Å²) in [4.78, 5) is 29.5. The average Bonchev–Trinajstić information content (AvgIpc) is 3.36. The van der Waals surface area contributed by atoms with Gasteiger partial charge in [-0.1, -0.05) is 12.1 Å². The summed E-state index contributed by atoms with van der Waals surface area (Å²) in [5, 5.41) is 8.55. The van der Waals surface area contributed by atoms with Crippen molar-refractivity contribution in [2.45, 2.75) is 19.5 Å². The number of hydrogen-bond acceptors (Lipinski definition) is 4. The van der Waals surface area contributed by atoms with E-state index in [1.54, 1.807) is 30.2 Å². The van der Waals surface area contributed by atoms with Gasteiger partial charge in [0.25, 0.3) is 11.5 Å². The van der Waals surface area contributed by atoms with Gasteiger partial charge in [-0.2, -0.15) is 18.3 Å². The van der Waals surface area contributed by atoms with Crippen LogP contribution in [0.25, 0.3) is 11.5 Å². The number of aromatic amines is 1. The molecule has 0 bridgehead atoms. The van der Waals surface area contributed by atoms with Crippen molar-refractivity contribution >= 4 is 11.4 Å². The van der Waals surface area contributed by atoms with Crippen molar-refractivity contribution in [3.8, 4) is 5.95 Å². The van der Waals surface area contributed by atoms with Crippen LogP contribution >= 0.6 is 0 Å². The predicted molar refractivity (Wildman–Crippen MR) is 112 cm³/mol. The minimum absolute atomic E-state index is 0.176. The molecule has 1 N–H and O–H groups in total. The van der Waals surface area contributed by atoms with Gasteiger partial charge in [-0.05, 0) is 49.1 Å². The number of likely N-dealkylation sites (tertiary alicyclic amines) is 1. The molecule has 0 unspecified atom stereocenters. The third-order valence-corrected chi connectivity index (χ3v) is 5.88. The van der Waals surface area contributed by atoms with E-state index in [-0.39, 0.29) is 23.3 Å². The van der Waals surface area contributed by atoms with Crippen molar-refractivity contribution in [2.75, 3.05) is 13.1 Å². The molecule has 3 aromatic heterocycles. The van der Waals surface area contributed by atoms with Gasteiger partial charge in [0.1, 0.15) is 5.52 Å². The maximum absolute atomic E-state index is 12.9. The molecule has 170 valence electrons. The Morgan fingerprint density at radius 2 is 1.91 bits per heavy atom. The topological polar surface area (TPSA) is 88.3 Å². The van der Waals surface area contributed by atoms with Crippen molar-refractivity contribution in [3.63, 3.8) is 0 Å². The van der Waals surface area contributed by atoms with Crippen molar-refractivity contribution in [2.24, 2.45) is 5.92 Å². The highest BCUT2D eigenvalue weighted by atomic mass is 19.4. The summed E-state index contributed by atoms with van der Waals surface area (Å²) in [7, 11) is 0. The Morgan fingerprint density at radius 1 is 1.18 bits per heavy atom. The van der Waals surface area contributed by atoms with Gasteiger partial charge >= 0.3 is 6.18 Å². The zero-order valence-corrected chi connectivity index (χ0v) is 17.5. The molecule has 4 aromatic rings. The first-order valence-electron chi connectivity index (χ1n) is 10.3. The van der Waals surface area contributed by atoms with Crippen LogP contribution in [-0.4, -0.2) is 48.3 Å². The molecule has 1 saturated heterocycles. The van der Waals surface area contributed by atoms with Crippen LogP contribution in [0.15, 0.2) is 53.6 Å². The van der Waals surface area contributed by atoms with Gasteiger partial charge in [0, 0.05) is 19.3 Å². The lowest BCUT2D eigenvalue weighted by atomic mass is 9.91. The standard InChI is InChI=1S/C22H19F3N6O2/c1-13-17(10-26-31(13)21-27-19(32)18-3-2-8-30(18)28-21)20(33)29-11-15(12-29)9-14-4-6-16(7-5-14)22(23,24)25/h2-8,10,15H,9,11-12H2,1H3,(H,27,28,32). The van der Waals surface area contributed by atoms with E-state index in [9.17, 15) is 22.8 Å². The highest BCUT2D eigenvalue weighted by molar-refractivity contribution is 5.95. The van der Waals surface area contributed by atoms with Crippen LogP contribution in [0, 0.1) is 12.8 Å². The molecule has 1 aliphatic heterocycles. The molecule has 5 rings (SSSR count). The minimum Gasteiger partial charge on any atom is -0.338 e. The molecule has 8 nitrogen and oxygen atoms in total. The maximum atomic E-state index is 12.9. The van der Waals surface area contributed by atoms with Crippen LogP contribution in [0.4, 0.5) is 13.2 Å². The van der Waals surface area contributed by atoms with E-state index in [4.69, 9.17) is 0 Å². The highest BCUT2D eigenvalue weighted by Gasteiger charge is 2.34. The molecule has 0 radical (unpaired) electrons. The third kappa shape index (κ3) is 3.79. The number of benzene rings is 1. The van der Waals surface area contributed by atoms with Crippen molar-refractivity contribution in [1.29, 1.82) is 0 Å². The predicted octanol–water partition coefficient (Wildman–Crippen LogP) is 2.85. The normalized spacial score (nSPS) is 14.6. The molecule has 0 aliphatic carbocycles. The van der Waals surface area contributed by atoms with E-state index in [1.807, 2.05) is 0 Å². The van der Waals surface area contributed by atoms with Gasteiger partial charge in [0.2, 0.25) is 5.95 Å². The van der Waals surface area contributed by atoms with Crippen LogP contribution in [0.5, 0.6) is 0 Å². The fourth-order valence-electron chi connectivity index (χ4n) is 4.06. The number of H-pyrrole nitrogens is 1. The van der Waals surface area contributed by atoms with Gasteiger partial charge in [0.05, 0.1) is 23.0 Å². The van der Waals surface area contributed by atoms with Crippen LogP contribution < -0.4 is 5.56 Å². The molecule has 4 heterocycles. The minimum atomic E-state index is -4.35. The zero-order chi connectivity index (χ0) is 23.3. The largest absolute Gasteiger partial charge is 0.416 e. The number of nitrogens with zero attached hydrogens (tertiary/aromatic N) is 5. The Labute approximate surface area is 185 Å². The Bertz CT molecular complexity index is 1390. The van der Waals surface area contributed by atoms with Crippen LogP contribution in [0.3, 0.4) is 0 Å². The quantitative estimate of drug-likeness (QED) is 0.512. The number of carbonyl (C=O) groups excluding carboxylic acids is 1. The molecule has 1 amide bonds. The molecule has 1 aromatic carbocycles. The van der Waals surface area contributed by atoms with Gasteiger partial charge < -0.3 is 4.90 Å². The summed E-state index contributed by atoms with van der Waals surface area (Å²) in [5.74, 6) is 0.186. The second-order valence-electron chi connectivity index (χ2n) is 8.15. The number of hydrogen-bond donors (Lipinski definition) is 1. The number of aromatic nitrogens is 5. The fraction of sp³-hybridized carbons (Fsp3) is 0.273. The first-order valence-corrected chi connectivity index (χ1v) is 10.3. The van der Waals surface area contributed by atoms with Gasteiger partial charge in [-0.15, -0.1) is 5.10 Å². The lowest BCUT2D eigenvalue weighted by Gasteiger charge is -2.39. The van der Waals surface area contributed by atoms with E-state index in [2.05, 4.69) is 15.2 Å². The summed E-state index contributed by atoms with van der Waals surface area (Å²) in [5.41, 5.74) is 1.16. The van der Waals surface area contributed by atoms with Gasteiger partial charge in [0.15, 0.2) is 0 Å². The molecule has 0 atom stereocenters. The van der Waals surface area contributed by atoms with Crippen LogP contribution in [-0.2, 0) is 12.6 Å². The van der Waals surface area contributed by atoms with Gasteiger partial charge in [-0.3, -0.25) is 14.6 Å². The summed E-state index contributed by atoms with van der Waals surface area (Å²) in [6.45, 7) is 2.74. The summed E-state index contributed by atoms with van der Waals surface area (Å²) < 4.78 is 41.0. The Balaban J connectivity index is 1.26. The maximum Gasteiger partial charge on any atom is 0.416 e. The number of alkyl halides is 3. The highest BCUT2D eigenvalue weighted by Crippen LogP contribution is 2.30. The molecule has 1 aliphatic rings. The third-order valence-electron chi connectivity index (χ3n) is 5.88.